The summed E-state index contributed by atoms with van der Waals surface area (Å²) in [5, 5.41) is 1.27. The van der Waals surface area contributed by atoms with Crippen LogP contribution in [-0.4, -0.2) is 10.7 Å². The quantitative estimate of drug-likeness (QED) is 0.420. The fraction of sp³-hybridized carbons (Fsp3) is 0.136. The first-order valence-electron chi connectivity index (χ1n) is 8.65. The molecule has 0 fully saturated rings. The van der Waals surface area contributed by atoms with Gasteiger partial charge in [0.1, 0.15) is 5.58 Å². The van der Waals surface area contributed by atoms with Crippen molar-refractivity contribution in [1.82, 2.24) is 4.57 Å². The van der Waals surface area contributed by atoms with E-state index in [4.69, 9.17) is 4.42 Å². The Balaban J connectivity index is 2.04. The van der Waals surface area contributed by atoms with Gasteiger partial charge in [-0.2, -0.15) is 13.2 Å². The smallest absolute Gasteiger partial charge is 0.393 e. The van der Waals surface area contributed by atoms with E-state index >= 15 is 0 Å². The summed E-state index contributed by atoms with van der Waals surface area (Å²) in [5.74, 6) is 0. The van der Waals surface area contributed by atoms with Crippen LogP contribution in [0.15, 0.2) is 64.3 Å². The van der Waals surface area contributed by atoms with Crippen LogP contribution in [0.5, 0.6) is 0 Å². The maximum absolute atomic E-state index is 12.7. The second-order valence-corrected chi connectivity index (χ2v) is 6.63. The number of nitrogens with zero attached hydrogens (tertiary/aromatic N) is 1. The molecule has 0 aliphatic rings. The lowest BCUT2D eigenvalue weighted by Gasteiger charge is -2.09. The number of hydrogen-bond acceptors (Lipinski definition) is 2. The molecule has 0 atom stereocenters. The van der Waals surface area contributed by atoms with Crippen molar-refractivity contribution in [3.63, 3.8) is 0 Å². The topological polar surface area (TPSA) is 35.1 Å². The third-order valence-corrected chi connectivity index (χ3v) is 4.79. The van der Waals surface area contributed by atoms with Gasteiger partial charge >= 0.3 is 11.8 Å². The van der Waals surface area contributed by atoms with Crippen molar-refractivity contribution in [3.8, 4) is 5.69 Å². The van der Waals surface area contributed by atoms with Gasteiger partial charge in [-0.05, 0) is 31.2 Å². The second kappa shape index (κ2) is 6.41. The summed E-state index contributed by atoms with van der Waals surface area (Å²) in [5.41, 5.74) is 2.40. The van der Waals surface area contributed by atoms with Gasteiger partial charge in [0.15, 0.2) is 0 Å². The molecule has 0 N–H and O–H groups in total. The minimum atomic E-state index is -4.48. The lowest BCUT2D eigenvalue weighted by atomic mass is 10.1. The molecular weight excluding hydrogens is 367 g/mol. The van der Waals surface area contributed by atoms with Crippen molar-refractivity contribution in [2.45, 2.75) is 19.5 Å². The number of hydrogen-bond donors (Lipinski definition) is 0. The first-order valence-corrected chi connectivity index (χ1v) is 8.65. The molecule has 0 aliphatic heterocycles. The molecule has 0 saturated heterocycles. The van der Waals surface area contributed by atoms with Gasteiger partial charge in [0.25, 0.3) is 0 Å². The second-order valence-electron chi connectivity index (χ2n) is 6.63. The molecule has 3 nitrogen and oxygen atoms in total. The van der Waals surface area contributed by atoms with Crippen LogP contribution in [0.1, 0.15) is 16.8 Å². The lowest BCUT2D eigenvalue weighted by molar-refractivity contribution is -0.127. The number of aromatic nitrogens is 1. The maximum Gasteiger partial charge on any atom is 0.393 e. The number of fused-ring (bicyclic) bond motifs is 2. The van der Waals surface area contributed by atoms with Crippen LogP contribution in [0.3, 0.4) is 0 Å². The van der Waals surface area contributed by atoms with Crippen LogP contribution in [0, 0.1) is 6.92 Å². The predicted molar refractivity (Wildman–Crippen MR) is 104 cm³/mol. The molecule has 0 radical (unpaired) electrons. The minimum absolute atomic E-state index is 0.244. The third-order valence-electron chi connectivity index (χ3n) is 4.79. The Bertz CT molecular complexity index is 1260. The zero-order valence-corrected chi connectivity index (χ0v) is 15.0. The van der Waals surface area contributed by atoms with Gasteiger partial charge in [0.2, 0.25) is 0 Å². The van der Waals surface area contributed by atoms with Gasteiger partial charge in [-0.3, -0.25) is 0 Å². The highest BCUT2D eigenvalue weighted by molar-refractivity contribution is 6.00. The number of alkyl halides is 3. The van der Waals surface area contributed by atoms with Crippen LogP contribution in [0.2, 0.25) is 0 Å². The van der Waals surface area contributed by atoms with Crippen LogP contribution in [0.4, 0.5) is 13.2 Å². The van der Waals surface area contributed by atoms with Crippen LogP contribution in [-0.2, 0) is 6.42 Å². The van der Waals surface area contributed by atoms with Gasteiger partial charge in [-0.1, -0.05) is 30.9 Å². The van der Waals surface area contributed by atoms with Gasteiger partial charge in [-0.15, -0.1) is 0 Å². The minimum Gasteiger partial charge on any atom is -0.422 e. The number of halogens is 3. The normalized spacial score (nSPS) is 12.0. The molecular formula is C22H16F3NO2. The number of para-hydroxylation sites is 1. The van der Waals surface area contributed by atoms with E-state index in [1.807, 2.05) is 41.8 Å². The predicted octanol–water partition coefficient (Wildman–Crippen LogP) is 5.79. The van der Waals surface area contributed by atoms with E-state index in [9.17, 15) is 18.0 Å². The van der Waals surface area contributed by atoms with E-state index in [2.05, 4.69) is 6.58 Å². The Morgan fingerprint density at radius 2 is 1.86 bits per heavy atom. The zero-order valence-electron chi connectivity index (χ0n) is 15.0. The maximum atomic E-state index is 12.7. The molecule has 2 aromatic carbocycles. The highest BCUT2D eigenvalue weighted by Gasteiger charge is 2.30. The molecule has 0 spiro atoms. The van der Waals surface area contributed by atoms with Crippen LogP contribution < -0.4 is 5.63 Å². The molecule has 0 amide bonds. The molecule has 28 heavy (non-hydrogen) atoms. The summed E-state index contributed by atoms with van der Waals surface area (Å²) < 4.78 is 45.5. The summed E-state index contributed by atoms with van der Waals surface area (Å²) in [6, 6.07) is 14.3. The molecule has 0 saturated carbocycles. The third kappa shape index (κ3) is 3.01. The molecule has 0 aliphatic carbocycles. The van der Waals surface area contributed by atoms with Gasteiger partial charge in [-0.25, -0.2) is 4.79 Å². The Hall–Kier alpha value is -3.28. The molecule has 0 bridgehead atoms. The van der Waals surface area contributed by atoms with Crippen molar-refractivity contribution in [3.05, 3.63) is 82.4 Å². The highest BCUT2D eigenvalue weighted by Crippen LogP contribution is 2.33. The number of rotatable bonds is 3. The summed E-state index contributed by atoms with van der Waals surface area (Å²) in [4.78, 5) is 12.0. The highest BCUT2D eigenvalue weighted by atomic mass is 19.4. The van der Waals surface area contributed by atoms with E-state index in [1.165, 1.54) is 6.07 Å². The van der Waals surface area contributed by atoms with Crippen molar-refractivity contribution >= 4 is 27.9 Å². The van der Waals surface area contributed by atoms with E-state index < -0.39 is 23.8 Å². The van der Waals surface area contributed by atoms with E-state index in [0.29, 0.717) is 5.39 Å². The lowest BCUT2D eigenvalue weighted by Crippen LogP contribution is -2.18. The van der Waals surface area contributed by atoms with Crippen molar-refractivity contribution < 1.29 is 17.6 Å². The zero-order chi connectivity index (χ0) is 20.1. The fourth-order valence-electron chi connectivity index (χ4n) is 3.60. The van der Waals surface area contributed by atoms with Gasteiger partial charge < -0.3 is 8.98 Å². The fourth-order valence-corrected chi connectivity index (χ4v) is 3.60. The largest absolute Gasteiger partial charge is 0.422 e. The van der Waals surface area contributed by atoms with E-state index in [-0.39, 0.29) is 5.58 Å². The average molecular weight is 383 g/mol. The molecule has 0 unspecified atom stereocenters. The number of benzene rings is 2. The van der Waals surface area contributed by atoms with Crippen LogP contribution >= 0.6 is 0 Å². The standard InChI is InChI=1S/C22H16F3NO2/c1-3-17-13(2)26(16-7-5-4-6-8-16)19-11-20-14(10-18(17)19)9-15(21(27)28-20)12-22(23,24)25/h3-11H,1,12H2,2H3. The van der Waals surface area contributed by atoms with E-state index in [1.54, 1.807) is 18.2 Å². The van der Waals surface area contributed by atoms with Gasteiger partial charge in [0.05, 0.1) is 11.9 Å². The average Bonchev–Trinajstić information content (AvgIpc) is 2.90. The van der Waals surface area contributed by atoms with E-state index in [0.717, 1.165) is 27.8 Å². The summed E-state index contributed by atoms with van der Waals surface area (Å²) in [7, 11) is 0. The molecule has 6 heteroatoms. The molecule has 142 valence electrons. The van der Waals surface area contributed by atoms with Crippen molar-refractivity contribution in [2.75, 3.05) is 0 Å². The monoisotopic (exact) mass is 383 g/mol. The van der Waals surface area contributed by atoms with Crippen LogP contribution in [0.25, 0.3) is 33.6 Å². The molecule has 2 heterocycles. The Morgan fingerprint density at radius 3 is 2.50 bits per heavy atom. The van der Waals surface area contributed by atoms with Crippen molar-refractivity contribution in [1.29, 1.82) is 0 Å². The first-order chi connectivity index (χ1) is 13.3. The Kier molecular flexibility index (Phi) is 4.14. The SMILES string of the molecule is C=Cc1c(C)n(-c2ccccc2)c2cc3oc(=O)c(CC(F)(F)F)cc3cc12. The van der Waals surface area contributed by atoms with Gasteiger partial charge in [0, 0.05) is 39.3 Å². The Labute approximate surface area is 158 Å². The molecule has 2 aromatic heterocycles. The van der Waals surface area contributed by atoms with Crippen molar-refractivity contribution in [2.24, 2.45) is 0 Å². The summed E-state index contributed by atoms with van der Waals surface area (Å²) >= 11 is 0. The molecule has 4 aromatic rings. The Morgan fingerprint density at radius 1 is 1.14 bits per heavy atom. The molecule has 4 rings (SSSR count). The first kappa shape index (κ1) is 18.1. The summed E-state index contributed by atoms with van der Waals surface area (Å²) in [6.45, 7) is 5.82. The summed E-state index contributed by atoms with van der Waals surface area (Å²) in [6.07, 6.45) is -4.08.